The number of carbonyl (C=O) groups excluding carboxylic acids is 1. The van der Waals surface area contributed by atoms with E-state index in [1.165, 1.54) is 0 Å². The van der Waals surface area contributed by atoms with Crippen molar-refractivity contribution in [3.63, 3.8) is 0 Å². The van der Waals surface area contributed by atoms with Gasteiger partial charge in [-0.2, -0.15) is 0 Å². The first kappa shape index (κ1) is 12.1. The molecular formula is C11H17N3O3. The van der Waals surface area contributed by atoms with E-state index in [1.807, 2.05) is 6.92 Å². The lowest BCUT2D eigenvalue weighted by atomic mass is 10.2. The normalized spacial score (nSPS) is 18.9. The smallest absolute Gasteiger partial charge is 0.242 e. The van der Waals surface area contributed by atoms with Gasteiger partial charge in [0, 0.05) is 19.2 Å². The van der Waals surface area contributed by atoms with Crippen molar-refractivity contribution in [1.29, 1.82) is 0 Å². The number of amides is 1. The largest absolute Gasteiger partial charge is 0.379 e. The number of hydrogen-bond acceptors (Lipinski definition) is 5. The third-order valence-electron chi connectivity index (χ3n) is 2.85. The van der Waals surface area contributed by atoms with Gasteiger partial charge in [-0.1, -0.05) is 5.16 Å². The summed E-state index contributed by atoms with van der Waals surface area (Å²) in [5, 5.41) is 6.47. The Morgan fingerprint density at radius 2 is 2.24 bits per heavy atom. The molecule has 1 aromatic rings. The number of ether oxygens (including phenoxy) is 1. The van der Waals surface area contributed by atoms with Crippen LogP contribution in [0.3, 0.4) is 0 Å². The van der Waals surface area contributed by atoms with Gasteiger partial charge in [-0.05, 0) is 13.8 Å². The summed E-state index contributed by atoms with van der Waals surface area (Å²) in [7, 11) is 0. The number of nitrogens with zero attached hydrogens (tertiary/aromatic N) is 2. The molecule has 6 heteroatoms. The number of carbonyl (C=O) groups is 1. The van der Waals surface area contributed by atoms with E-state index in [2.05, 4.69) is 15.4 Å². The second-order valence-electron chi connectivity index (χ2n) is 4.14. The average Bonchev–Trinajstić information content (AvgIpc) is 2.75. The molecule has 0 aromatic carbocycles. The molecule has 2 rings (SSSR count). The molecule has 2 heterocycles. The lowest BCUT2D eigenvalue weighted by Crippen LogP contribution is -2.47. The van der Waals surface area contributed by atoms with Crippen molar-refractivity contribution in [3.05, 3.63) is 11.8 Å². The van der Waals surface area contributed by atoms with Crippen LogP contribution < -0.4 is 5.32 Å². The monoisotopic (exact) mass is 239 g/mol. The maximum absolute atomic E-state index is 11.9. The quantitative estimate of drug-likeness (QED) is 0.838. The summed E-state index contributed by atoms with van der Waals surface area (Å²) in [6.45, 7) is 6.60. The number of morpholine rings is 1. The first-order valence-electron chi connectivity index (χ1n) is 5.73. The molecule has 1 fully saturated rings. The molecule has 1 N–H and O–H groups in total. The summed E-state index contributed by atoms with van der Waals surface area (Å²) in [4.78, 5) is 14.0. The molecule has 0 radical (unpaired) electrons. The summed E-state index contributed by atoms with van der Waals surface area (Å²) in [5.74, 6) is 1.08. The number of rotatable bonds is 3. The Hall–Kier alpha value is -1.40. The van der Waals surface area contributed by atoms with E-state index in [-0.39, 0.29) is 11.9 Å². The van der Waals surface area contributed by atoms with Crippen molar-refractivity contribution in [3.8, 4) is 0 Å². The van der Waals surface area contributed by atoms with Gasteiger partial charge in [0.25, 0.3) is 0 Å². The average molecular weight is 239 g/mol. The van der Waals surface area contributed by atoms with Gasteiger partial charge < -0.3 is 14.6 Å². The maximum Gasteiger partial charge on any atom is 0.242 e. The third kappa shape index (κ3) is 3.04. The Morgan fingerprint density at radius 1 is 1.53 bits per heavy atom. The number of aryl methyl sites for hydroxylation is 1. The predicted molar refractivity (Wildman–Crippen MR) is 61.7 cm³/mol. The van der Waals surface area contributed by atoms with Crippen molar-refractivity contribution in [2.45, 2.75) is 19.9 Å². The van der Waals surface area contributed by atoms with Gasteiger partial charge in [-0.25, -0.2) is 0 Å². The molecule has 0 aliphatic carbocycles. The van der Waals surface area contributed by atoms with Gasteiger partial charge in [-0.15, -0.1) is 0 Å². The zero-order valence-corrected chi connectivity index (χ0v) is 10.1. The van der Waals surface area contributed by atoms with Crippen LogP contribution in [0.15, 0.2) is 10.6 Å². The van der Waals surface area contributed by atoms with Gasteiger partial charge in [0.15, 0.2) is 5.82 Å². The van der Waals surface area contributed by atoms with Crippen LogP contribution in [0.1, 0.15) is 12.7 Å². The highest BCUT2D eigenvalue weighted by Gasteiger charge is 2.23. The van der Waals surface area contributed by atoms with Crippen LogP contribution in [0.25, 0.3) is 0 Å². The van der Waals surface area contributed by atoms with E-state index in [9.17, 15) is 4.79 Å². The lowest BCUT2D eigenvalue weighted by molar-refractivity contribution is -0.122. The standard InChI is InChI=1S/C11H17N3O3/c1-8-7-10(13-17-8)12-11(15)9(2)14-3-5-16-6-4-14/h7,9H,3-6H2,1-2H3,(H,12,13,15). The summed E-state index contributed by atoms with van der Waals surface area (Å²) in [6.07, 6.45) is 0. The molecule has 1 unspecified atom stereocenters. The summed E-state index contributed by atoms with van der Waals surface area (Å²) >= 11 is 0. The van der Waals surface area contributed by atoms with E-state index in [0.717, 1.165) is 13.1 Å². The fourth-order valence-corrected chi connectivity index (χ4v) is 1.79. The van der Waals surface area contributed by atoms with Gasteiger partial charge in [-0.3, -0.25) is 9.69 Å². The Morgan fingerprint density at radius 3 is 2.82 bits per heavy atom. The van der Waals surface area contributed by atoms with Crippen molar-refractivity contribution in [2.24, 2.45) is 0 Å². The first-order chi connectivity index (χ1) is 8.16. The van der Waals surface area contributed by atoms with Crippen molar-refractivity contribution < 1.29 is 14.1 Å². The minimum absolute atomic E-state index is 0.0693. The Balaban J connectivity index is 1.90. The molecule has 1 aliphatic rings. The van der Waals surface area contributed by atoms with E-state index >= 15 is 0 Å². The Labute approximate surface area is 99.9 Å². The first-order valence-corrected chi connectivity index (χ1v) is 5.73. The van der Waals surface area contributed by atoms with E-state index in [0.29, 0.717) is 24.8 Å². The van der Waals surface area contributed by atoms with Crippen molar-refractivity contribution >= 4 is 11.7 Å². The van der Waals surface area contributed by atoms with Crippen LogP contribution in [0.5, 0.6) is 0 Å². The molecule has 17 heavy (non-hydrogen) atoms. The van der Waals surface area contributed by atoms with Crippen molar-refractivity contribution in [1.82, 2.24) is 10.1 Å². The molecule has 1 atom stereocenters. The number of anilines is 1. The van der Waals surface area contributed by atoms with Crippen LogP contribution in [-0.2, 0) is 9.53 Å². The number of nitrogens with one attached hydrogen (secondary N) is 1. The molecule has 0 bridgehead atoms. The summed E-state index contributed by atoms with van der Waals surface area (Å²) in [5.41, 5.74) is 0. The highest BCUT2D eigenvalue weighted by Crippen LogP contribution is 2.10. The third-order valence-corrected chi connectivity index (χ3v) is 2.85. The number of aromatic nitrogens is 1. The van der Waals surface area contributed by atoms with Crippen LogP contribution in [0, 0.1) is 6.92 Å². The fourth-order valence-electron chi connectivity index (χ4n) is 1.79. The molecule has 1 aliphatic heterocycles. The molecule has 94 valence electrons. The molecule has 0 saturated carbocycles. The minimum Gasteiger partial charge on any atom is -0.379 e. The van der Waals surface area contributed by atoms with Crippen LogP contribution >= 0.6 is 0 Å². The highest BCUT2D eigenvalue weighted by molar-refractivity contribution is 5.93. The van der Waals surface area contributed by atoms with Crippen LogP contribution in [0.2, 0.25) is 0 Å². The van der Waals surface area contributed by atoms with E-state index in [4.69, 9.17) is 9.26 Å². The SMILES string of the molecule is Cc1cc(NC(=O)C(C)N2CCOCC2)no1. The molecule has 0 spiro atoms. The molecule has 1 aromatic heterocycles. The number of hydrogen-bond donors (Lipinski definition) is 1. The highest BCUT2D eigenvalue weighted by atomic mass is 16.5. The van der Waals surface area contributed by atoms with Crippen LogP contribution in [-0.4, -0.2) is 48.3 Å². The summed E-state index contributed by atoms with van der Waals surface area (Å²) < 4.78 is 10.1. The van der Waals surface area contributed by atoms with Crippen LogP contribution in [0.4, 0.5) is 5.82 Å². The second kappa shape index (κ2) is 5.29. The molecule has 6 nitrogen and oxygen atoms in total. The van der Waals surface area contributed by atoms with Crippen molar-refractivity contribution in [2.75, 3.05) is 31.6 Å². The van der Waals surface area contributed by atoms with E-state index in [1.54, 1.807) is 13.0 Å². The molecular weight excluding hydrogens is 222 g/mol. The zero-order valence-electron chi connectivity index (χ0n) is 10.1. The maximum atomic E-state index is 11.9. The van der Waals surface area contributed by atoms with Gasteiger partial charge in [0.2, 0.25) is 5.91 Å². The molecule has 1 amide bonds. The fraction of sp³-hybridized carbons (Fsp3) is 0.636. The zero-order chi connectivity index (χ0) is 12.3. The molecule has 1 saturated heterocycles. The second-order valence-corrected chi connectivity index (χ2v) is 4.14. The topological polar surface area (TPSA) is 67.6 Å². The van der Waals surface area contributed by atoms with Gasteiger partial charge in [0.05, 0.1) is 19.3 Å². The van der Waals surface area contributed by atoms with Gasteiger partial charge >= 0.3 is 0 Å². The summed E-state index contributed by atoms with van der Waals surface area (Å²) in [6, 6.07) is 1.51. The predicted octanol–water partition coefficient (Wildman–Crippen LogP) is 0.642. The van der Waals surface area contributed by atoms with Gasteiger partial charge in [0.1, 0.15) is 5.76 Å². The Kier molecular flexibility index (Phi) is 3.75. The Bertz CT molecular complexity index is 385. The van der Waals surface area contributed by atoms with E-state index < -0.39 is 0 Å². The minimum atomic E-state index is -0.184. The lowest BCUT2D eigenvalue weighted by Gasteiger charge is -2.31.